The summed E-state index contributed by atoms with van der Waals surface area (Å²) in [5, 5.41) is 3.51. The monoisotopic (exact) mass is 185 g/mol. The Balaban J connectivity index is 1.94. The summed E-state index contributed by atoms with van der Waals surface area (Å²) in [4.78, 5) is 4.63. The van der Waals surface area contributed by atoms with Gasteiger partial charge < -0.3 is 15.1 Å². The topological polar surface area (TPSA) is 18.5 Å². The lowest BCUT2D eigenvalue weighted by Gasteiger charge is -2.13. The van der Waals surface area contributed by atoms with Gasteiger partial charge in [0.05, 0.1) is 0 Å². The van der Waals surface area contributed by atoms with Gasteiger partial charge in [-0.2, -0.15) is 0 Å². The molecule has 1 atom stereocenters. The molecule has 0 aliphatic carbocycles. The summed E-state index contributed by atoms with van der Waals surface area (Å²) < 4.78 is 0. The van der Waals surface area contributed by atoms with Crippen LogP contribution >= 0.6 is 0 Å². The van der Waals surface area contributed by atoms with Gasteiger partial charge in [0.15, 0.2) is 0 Å². The molecule has 13 heavy (non-hydrogen) atoms. The molecule has 3 heteroatoms. The Kier molecular flexibility index (Phi) is 4.70. The number of nitrogens with zero attached hydrogens (tertiary/aromatic N) is 2. The molecule has 0 aromatic heterocycles. The van der Waals surface area contributed by atoms with Crippen molar-refractivity contribution in [3.05, 3.63) is 0 Å². The van der Waals surface area contributed by atoms with Gasteiger partial charge in [-0.15, -0.1) is 0 Å². The van der Waals surface area contributed by atoms with E-state index in [9.17, 15) is 0 Å². The smallest absolute Gasteiger partial charge is 0.0101 e. The van der Waals surface area contributed by atoms with E-state index in [1.807, 2.05) is 0 Å². The second-order valence-corrected chi connectivity index (χ2v) is 4.42. The highest BCUT2D eigenvalue weighted by Crippen LogP contribution is 2.12. The second kappa shape index (κ2) is 5.58. The minimum atomic E-state index is 0.882. The second-order valence-electron chi connectivity index (χ2n) is 4.42. The fourth-order valence-corrected chi connectivity index (χ4v) is 1.80. The summed E-state index contributed by atoms with van der Waals surface area (Å²) in [6.07, 6.45) is 1.37. The Morgan fingerprint density at radius 1 is 1.46 bits per heavy atom. The van der Waals surface area contributed by atoms with Crippen molar-refractivity contribution < 1.29 is 0 Å². The van der Waals surface area contributed by atoms with Crippen molar-refractivity contribution in [2.24, 2.45) is 5.92 Å². The molecule has 1 rings (SSSR count). The summed E-state index contributed by atoms with van der Waals surface area (Å²) >= 11 is 0. The van der Waals surface area contributed by atoms with Crippen LogP contribution in [0, 0.1) is 5.92 Å². The van der Waals surface area contributed by atoms with Crippen molar-refractivity contribution in [3.8, 4) is 0 Å². The zero-order valence-corrected chi connectivity index (χ0v) is 9.21. The molecule has 0 radical (unpaired) electrons. The standard InChI is InChI=1S/C10H23N3/c1-12(2)7-5-11-8-10-4-6-13(3)9-10/h10-11H,4-9H2,1-3H3. The van der Waals surface area contributed by atoms with Crippen molar-refractivity contribution in [1.82, 2.24) is 15.1 Å². The van der Waals surface area contributed by atoms with Gasteiger partial charge in [0.1, 0.15) is 0 Å². The first-order valence-corrected chi connectivity index (χ1v) is 5.22. The summed E-state index contributed by atoms with van der Waals surface area (Å²) in [5.74, 6) is 0.882. The van der Waals surface area contributed by atoms with E-state index < -0.39 is 0 Å². The van der Waals surface area contributed by atoms with Crippen LogP contribution in [0.4, 0.5) is 0 Å². The maximum atomic E-state index is 3.51. The van der Waals surface area contributed by atoms with Gasteiger partial charge in [0.2, 0.25) is 0 Å². The minimum Gasteiger partial charge on any atom is -0.315 e. The van der Waals surface area contributed by atoms with Crippen molar-refractivity contribution in [2.45, 2.75) is 6.42 Å². The number of rotatable bonds is 5. The van der Waals surface area contributed by atoms with Gasteiger partial charge >= 0.3 is 0 Å². The third kappa shape index (κ3) is 4.60. The fourth-order valence-electron chi connectivity index (χ4n) is 1.80. The molecule has 0 aromatic rings. The number of nitrogens with one attached hydrogen (secondary N) is 1. The molecule has 78 valence electrons. The van der Waals surface area contributed by atoms with E-state index in [0.717, 1.165) is 19.0 Å². The molecular weight excluding hydrogens is 162 g/mol. The Morgan fingerprint density at radius 2 is 2.23 bits per heavy atom. The predicted octanol–water partition coefficient (Wildman–Crippen LogP) is 0.0893. The van der Waals surface area contributed by atoms with E-state index in [2.05, 4.69) is 36.3 Å². The number of likely N-dealkylation sites (tertiary alicyclic amines) is 1. The number of hydrogen-bond donors (Lipinski definition) is 1. The lowest BCUT2D eigenvalue weighted by molar-refractivity contribution is 0.371. The predicted molar refractivity (Wildman–Crippen MR) is 57.0 cm³/mol. The summed E-state index contributed by atoms with van der Waals surface area (Å²) in [7, 11) is 6.44. The first-order chi connectivity index (χ1) is 6.18. The lowest BCUT2D eigenvalue weighted by Crippen LogP contribution is -2.31. The quantitative estimate of drug-likeness (QED) is 0.612. The molecule has 0 aromatic carbocycles. The number of likely N-dealkylation sites (N-methyl/N-ethyl adjacent to an activating group) is 1. The van der Waals surface area contributed by atoms with Crippen LogP contribution in [0.2, 0.25) is 0 Å². The molecule has 1 aliphatic rings. The van der Waals surface area contributed by atoms with Gasteiger partial charge in [-0.05, 0) is 46.6 Å². The van der Waals surface area contributed by atoms with Gasteiger partial charge in [-0.3, -0.25) is 0 Å². The fraction of sp³-hybridized carbons (Fsp3) is 1.00. The molecule has 0 spiro atoms. The molecular formula is C10H23N3. The zero-order valence-electron chi connectivity index (χ0n) is 9.21. The Bertz CT molecular complexity index is 136. The van der Waals surface area contributed by atoms with Crippen LogP contribution in [0.1, 0.15) is 6.42 Å². The van der Waals surface area contributed by atoms with Crippen molar-refractivity contribution >= 4 is 0 Å². The third-order valence-corrected chi connectivity index (χ3v) is 2.66. The van der Waals surface area contributed by atoms with E-state index in [0.29, 0.717) is 0 Å². The average molecular weight is 185 g/mol. The molecule has 0 amide bonds. The van der Waals surface area contributed by atoms with E-state index >= 15 is 0 Å². The van der Waals surface area contributed by atoms with E-state index in [1.54, 1.807) is 0 Å². The van der Waals surface area contributed by atoms with Crippen LogP contribution in [0.25, 0.3) is 0 Å². The zero-order chi connectivity index (χ0) is 9.68. The average Bonchev–Trinajstić information content (AvgIpc) is 2.45. The van der Waals surface area contributed by atoms with Crippen molar-refractivity contribution in [3.63, 3.8) is 0 Å². The van der Waals surface area contributed by atoms with E-state index in [4.69, 9.17) is 0 Å². The van der Waals surface area contributed by atoms with Crippen LogP contribution in [-0.2, 0) is 0 Å². The molecule has 1 unspecified atom stereocenters. The first-order valence-electron chi connectivity index (χ1n) is 5.22. The van der Waals surface area contributed by atoms with E-state index in [-0.39, 0.29) is 0 Å². The maximum Gasteiger partial charge on any atom is 0.0101 e. The van der Waals surface area contributed by atoms with Gasteiger partial charge in [0.25, 0.3) is 0 Å². The van der Waals surface area contributed by atoms with Gasteiger partial charge in [-0.1, -0.05) is 0 Å². The van der Waals surface area contributed by atoms with Gasteiger partial charge in [-0.25, -0.2) is 0 Å². The summed E-state index contributed by atoms with van der Waals surface area (Å²) in [5.41, 5.74) is 0. The number of hydrogen-bond acceptors (Lipinski definition) is 3. The summed E-state index contributed by atoms with van der Waals surface area (Å²) in [6.45, 7) is 6.00. The molecule has 1 N–H and O–H groups in total. The minimum absolute atomic E-state index is 0.882. The van der Waals surface area contributed by atoms with E-state index in [1.165, 1.54) is 26.1 Å². The largest absolute Gasteiger partial charge is 0.315 e. The molecule has 0 saturated carbocycles. The maximum absolute atomic E-state index is 3.51. The molecule has 0 bridgehead atoms. The molecule has 1 fully saturated rings. The summed E-state index contributed by atoms with van der Waals surface area (Å²) in [6, 6.07) is 0. The van der Waals surface area contributed by atoms with Gasteiger partial charge in [0, 0.05) is 19.6 Å². The van der Waals surface area contributed by atoms with Crippen LogP contribution in [-0.4, -0.2) is 63.7 Å². The molecule has 3 nitrogen and oxygen atoms in total. The molecule has 1 saturated heterocycles. The van der Waals surface area contributed by atoms with Crippen LogP contribution in [0.15, 0.2) is 0 Å². The highest BCUT2D eigenvalue weighted by molar-refractivity contribution is 4.74. The Labute approximate surface area is 82.1 Å². The lowest BCUT2D eigenvalue weighted by atomic mass is 10.1. The molecule has 1 heterocycles. The molecule has 1 aliphatic heterocycles. The Morgan fingerprint density at radius 3 is 2.77 bits per heavy atom. The van der Waals surface area contributed by atoms with Crippen LogP contribution in [0.3, 0.4) is 0 Å². The third-order valence-electron chi connectivity index (χ3n) is 2.66. The normalized spacial score (nSPS) is 24.5. The first kappa shape index (κ1) is 11.0. The van der Waals surface area contributed by atoms with Crippen LogP contribution in [0.5, 0.6) is 0 Å². The van der Waals surface area contributed by atoms with Crippen LogP contribution < -0.4 is 5.32 Å². The SMILES string of the molecule is CN(C)CCNCC1CCN(C)C1. The highest BCUT2D eigenvalue weighted by Gasteiger charge is 2.18. The Hall–Kier alpha value is -0.120. The van der Waals surface area contributed by atoms with Crippen molar-refractivity contribution in [2.75, 3.05) is 53.9 Å². The van der Waals surface area contributed by atoms with Crippen molar-refractivity contribution in [1.29, 1.82) is 0 Å². The highest BCUT2D eigenvalue weighted by atomic mass is 15.1.